The molecule has 2 nitrogen and oxygen atoms in total. The van der Waals surface area contributed by atoms with Crippen molar-refractivity contribution in [2.24, 2.45) is 0 Å². The number of aliphatic hydroxyl groups is 1. The minimum absolute atomic E-state index is 0.0658. The molecule has 3 heteroatoms. The van der Waals surface area contributed by atoms with Gasteiger partial charge in [-0.15, -0.1) is 0 Å². The van der Waals surface area contributed by atoms with E-state index in [4.69, 9.17) is 0 Å². The summed E-state index contributed by atoms with van der Waals surface area (Å²) < 4.78 is 1.13. The molecular formula is C13H18BrNO. The summed E-state index contributed by atoms with van der Waals surface area (Å²) in [5.41, 5.74) is 1.31. The van der Waals surface area contributed by atoms with Crippen LogP contribution in [0.25, 0.3) is 0 Å². The number of benzene rings is 1. The van der Waals surface area contributed by atoms with Gasteiger partial charge in [-0.1, -0.05) is 28.1 Å². The maximum atomic E-state index is 9.41. The molecular weight excluding hydrogens is 266 g/mol. The van der Waals surface area contributed by atoms with E-state index in [2.05, 4.69) is 39.4 Å². The standard InChI is InChI=1S/C13H18BrNO/c14-11-3-1-2-10(8-11)9-15-12-4-6-13(16)7-5-12/h1-3,8,12-13,15-16H,4-7,9H2. The van der Waals surface area contributed by atoms with Gasteiger partial charge in [0, 0.05) is 17.1 Å². The van der Waals surface area contributed by atoms with E-state index < -0.39 is 0 Å². The second-order valence-corrected chi connectivity index (χ2v) is 5.43. The number of aliphatic hydroxyl groups excluding tert-OH is 1. The highest BCUT2D eigenvalue weighted by molar-refractivity contribution is 9.10. The van der Waals surface area contributed by atoms with Crippen molar-refractivity contribution in [2.75, 3.05) is 0 Å². The van der Waals surface area contributed by atoms with Crippen LogP contribution in [0.1, 0.15) is 31.2 Å². The molecule has 88 valence electrons. The largest absolute Gasteiger partial charge is 0.393 e. The van der Waals surface area contributed by atoms with E-state index in [-0.39, 0.29) is 6.10 Å². The Bertz CT molecular complexity index is 334. The summed E-state index contributed by atoms with van der Waals surface area (Å²) in [5, 5.41) is 13.0. The topological polar surface area (TPSA) is 32.3 Å². The molecule has 0 bridgehead atoms. The van der Waals surface area contributed by atoms with Gasteiger partial charge in [-0.05, 0) is 43.4 Å². The fraction of sp³-hybridized carbons (Fsp3) is 0.538. The summed E-state index contributed by atoms with van der Waals surface area (Å²) in [7, 11) is 0. The van der Waals surface area contributed by atoms with Crippen molar-refractivity contribution in [1.82, 2.24) is 5.32 Å². The molecule has 0 aliphatic heterocycles. The first-order valence-electron chi connectivity index (χ1n) is 5.90. The van der Waals surface area contributed by atoms with Crippen LogP contribution in [0.5, 0.6) is 0 Å². The van der Waals surface area contributed by atoms with E-state index in [0.717, 1.165) is 36.7 Å². The number of hydrogen-bond donors (Lipinski definition) is 2. The monoisotopic (exact) mass is 283 g/mol. The summed E-state index contributed by atoms with van der Waals surface area (Å²) in [6.07, 6.45) is 4.00. The van der Waals surface area contributed by atoms with Gasteiger partial charge >= 0.3 is 0 Å². The fourth-order valence-corrected chi connectivity index (χ4v) is 2.64. The number of nitrogens with one attached hydrogen (secondary N) is 1. The molecule has 1 fully saturated rings. The predicted molar refractivity (Wildman–Crippen MR) is 69.2 cm³/mol. The highest BCUT2D eigenvalue weighted by Crippen LogP contribution is 2.19. The molecule has 0 heterocycles. The summed E-state index contributed by atoms with van der Waals surface area (Å²) in [4.78, 5) is 0. The van der Waals surface area contributed by atoms with Crippen molar-refractivity contribution < 1.29 is 5.11 Å². The van der Waals surface area contributed by atoms with E-state index in [1.54, 1.807) is 0 Å². The summed E-state index contributed by atoms with van der Waals surface area (Å²) >= 11 is 3.48. The van der Waals surface area contributed by atoms with E-state index >= 15 is 0 Å². The number of halogens is 1. The average molecular weight is 284 g/mol. The molecule has 0 atom stereocenters. The lowest BCUT2D eigenvalue weighted by Gasteiger charge is -2.26. The third kappa shape index (κ3) is 3.58. The van der Waals surface area contributed by atoms with Crippen LogP contribution in [0.15, 0.2) is 28.7 Å². The molecule has 1 saturated carbocycles. The van der Waals surface area contributed by atoms with Gasteiger partial charge in [0.1, 0.15) is 0 Å². The van der Waals surface area contributed by atoms with Crippen LogP contribution in [0, 0.1) is 0 Å². The zero-order valence-electron chi connectivity index (χ0n) is 9.32. The van der Waals surface area contributed by atoms with Crippen LogP contribution < -0.4 is 5.32 Å². The maximum Gasteiger partial charge on any atom is 0.0541 e. The van der Waals surface area contributed by atoms with Crippen LogP contribution >= 0.6 is 15.9 Å². The lowest BCUT2D eigenvalue weighted by Crippen LogP contribution is -2.34. The number of hydrogen-bond acceptors (Lipinski definition) is 2. The summed E-state index contributed by atoms with van der Waals surface area (Å²) in [6, 6.07) is 8.95. The van der Waals surface area contributed by atoms with Gasteiger partial charge < -0.3 is 10.4 Å². The first kappa shape index (κ1) is 12.1. The number of rotatable bonds is 3. The van der Waals surface area contributed by atoms with Crippen molar-refractivity contribution in [2.45, 2.75) is 44.4 Å². The van der Waals surface area contributed by atoms with Gasteiger partial charge in [0.05, 0.1) is 6.10 Å². The molecule has 0 spiro atoms. The van der Waals surface area contributed by atoms with Gasteiger partial charge in [-0.3, -0.25) is 0 Å². The fourth-order valence-electron chi connectivity index (χ4n) is 2.19. The molecule has 16 heavy (non-hydrogen) atoms. The Hall–Kier alpha value is -0.380. The minimum atomic E-state index is -0.0658. The normalized spacial score (nSPS) is 25.6. The summed E-state index contributed by atoms with van der Waals surface area (Å²) in [6.45, 7) is 0.917. The van der Waals surface area contributed by atoms with Gasteiger partial charge in [0.25, 0.3) is 0 Å². The zero-order valence-corrected chi connectivity index (χ0v) is 10.9. The zero-order chi connectivity index (χ0) is 11.4. The molecule has 1 aromatic rings. The molecule has 0 unspecified atom stereocenters. The van der Waals surface area contributed by atoms with E-state index in [9.17, 15) is 5.11 Å². The third-order valence-corrected chi connectivity index (χ3v) is 3.67. The highest BCUT2D eigenvalue weighted by Gasteiger charge is 2.18. The molecule has 0 radical (unpaired) electrons. The lowest BCUT2D eigenvalue weighted by molar-refractivity contribution is 0.116. The molecule has 1 aromatic carbocycles. The van der Waals surface area contributed by atoms with Gasteiger partial charge in [-0.25, -0.2) is 0 Å². The van der Waals surface area contributed by atoms with Crippen LogP contribution in [-0.2, 0) is 6.54 Å². The van der Waals surface area contributed by atoms with Crippen molar-refractivity contribution in [3.8, 4) is 0 Å². The Labute approximate surface area is 105 Å². The first-order chi connectivity index (χ1) is 7.74. The van der Waals surface area contributed by atoms with E-state index in [0.29, 0.717) is 6.04 Å². The Morgan fingerprint density at radius 3 is 2.69 bits per heavy atom. The van der Waals surface area contributed by atoms with E-state index in [1.165, 1.54) is 5.56 Å². The Balaban J connectivity index is 1.79. The highest BCUT2D eigenvalue weighted by atomic mass is 79.9. The maximum absolute atomic E-state index is 9.41. The molecule has 2 rings (SSSR count). The Morgan fingerprint density at radius 1 is 1.25 bits per heavy atom. The quantitative estimate of drug-likeness (QED) is 0.894. The average Bonchev–Trinajstić information content (AvgIpc) is 2.28. The van der Waals surface area contributed by atoms with Crippen LogP contribution in [0.4, 0.5) is 0 Å². The van der Waals surface area contributed by atoms with Crippen molar-refractivity contribution in [3.63, 3.8) is 0 Å². The van der Waals surface area contributed by atoms with E-state index in [1.807, 2.05) is 6.07 Å². The second-order valence-electron chi connectivity index (χ2n) is 4.52. The minimum Gasteiger partial charge on any atom is -0.393 e. The lowest BCUT2D eigenvalue weighted by atomic mass is 9.93. The molecule has 2 N–H and O–H groups in total. The van der Waals surface area contributed by atoms with Gasteiger partial charge in [0.15, 0.2) is 0 Å². The SMILES string of the molecule is OC1CCC(NCc2cccc(Br)c2)CC1. The predicted octanol–water partition coefficient (Wildman–Crippen LogP) is 2.84. The molecule has 1 aliphatic carbocycles. The smallest absolute Gasteiger partial charge is 0.0541 e. The molecule has 0 aromatic heterocycles. The Morgan fingerprint density at radius 2 is 2.00 bits per heavy atom. The van der Waals surface area contributed by atoms with Crippen molar-refractivity contribution in [1.29, 1.82) is 0 Å². The Kier molecular flexibility index (Phi) is 4.38. The van der Waals surface area contributed by atoms with Crippen LogP contribution in [0.3, 0.4) is 0 Å². The van der Waals surface area contributed by atoms with Gasteiger partial charge in [0.2, 0.25) is 0 Å². The summed E-state index contributed by atoms with van der Waals surface area (Å²) in [5.74, 6) is 0. The second kappa shape index (κ2) is 5.80. The van der Waals surface area contributed by atoms with Gasteiger partial charge in [-0.2, -0.15) is 0 Å². The van der Waals surface area contributed by atoms with Crippen LogP contribution in [-0.4, -0.2) is 17.3 Å². The van der Waals surface area contributed by atoms with Crippen molar-refractivity contribution in [3.05, 3.63) is 34.3 Å². The molecule has 0 saturated heterocycles. The molecule has 0 amide bonds. The van der Waals surface area contributed by atoms with Crippen molar-refractivity contribution >= 4 is 15.9 Å². The first-order valence-corrected chi connectivity index (χ1v) is 6.69. The van der Waals surface area contributed by atoms with Crippen LogP contribution in [0.2, 0.25) is 0 Å². The molecule has 1 aliphatic rings. The third-order valence-electron chi connectivity index (χ3n) is 3.18.